The van der Waals surface area contributed by atoms with Gasteiger partial charge in [-0.05, 0) is 44.6 Å². The summed E-state index contributed by atoms with van der Waals surface area (Å²) in [5, 5.41) is 8.45. The minimum Gasteiger partial charge on any atom is -0.308 e. The van der Waals surface area contributed by atoms with Gasteiger partial charge in [0.15, 0.2) is 0 Å². The van der Waals surface area contributed by atoms with Gasteiger partial charge < -0.3 is 5.32 Å². The van der Waals surface area contributed by atoms with E-state index in [9.17, 15) is 0 Å². The standard InChI is InChI=1S/C18H33N3/c1-4-18(5-2)21-13-12-17(20-21)14-19-15(3)16-10-8-6-7-9-11-16/h12-13,15-16,18-19H,4-11,14H2,1-3H3/t15-/m0/s1. The van der Waals surface area contributed by atoms with Gasteiger partial charge >= 0.3 is 0 Å². The molecule has 0 unspecified atom stereocenters. The zero-order valence-electron chi connectivity index (χ0n) is 14.1. The molecule has 1 atom stereocenters. The average Bonchev–Trinajstić information content (AvgIpc) is 2.79. The zero-order valence-corrected chi connectivity index (χ0v) is 14.1. The minimum absolute atomic E-state index is 0.554. The first kappa shape index (κ1) is 16.5. The Kier molecular flexibility index (Phi) is 6.75. The van der Waals surface area contributed by atoms with E-state index < -0.39 is 0 Å². The van der Waals surface area contributed by atoms with Crippen molar-refractivity contribution in [2.45, 2.75) is 90.8 Å². The van der Waals surface area contributed by atoms with Gasteiger partial charge in [-0.1, -0.05) is 39.5 Å². The summed E-state index contributed by atoms with van der Waals surface area (Å²) in [6.07, 6.45) is 13.0. The lowest BCUT2D eigenvalue weighted by Crippen LogP contribution is -2.33. The molecule has 1 aliphatic rings. The van der Waals surface area contributed by atoms with Crippen LogP contribution in [0.2, 0.25) is 0 Å². The van der Waals surface area contributed by atoms with Gasteiger partial charge in [-0.25, -0.2) is 0 Å². The molecule has 1 saturated carbocycles. The summed E-state index contributed by atoms with van der Waals surface area (Å²) >= 11 is 0. The summed E-state index contributed by atoms with van der Waals surface area (Å²) in [5.41, 5.74) is 1.18. The van der Waals surface area contributed by atoms with Crippen LogP contribution in [0, 0.1) is 5.92 Å². The number of rotatable bonds is 7. The number of nitrogens with one attached hydrogen (secondary N) is 1. The fourth-order valence-corrected chi connectivity index (χ4v) is 3.58. The van der Waals surface area contributed by atoms with Gasteiger partial charge in [0.1, 0.15) is 0 Å². The van der Waals surface area contributed by atoms with Crippen molar-refractivity contribution in [3.05, 3.63) is 18.0 Å². The van der Waals surface area contributed by atoms with Crippen LogP contribution in [-0.4, -0.2) is 15.8 Å². The van der Waals surface area contributed by atoms with Crippen molar-refractivity contribution in [1.29, 1.82) is 0 Å². The molecule has 0 amide bonds. The molecular weight excluding hydrogens is 258 g/mol. The van der Waals surface area contributed by atoms with Crippen molar-refractivity contribution in [2.75, 3.05) is 0 Å². The molecule has 120 valence electrons. The van der Waals surface area contributed by atoms with Crippen LogP contribution in [0.4, 0.5) is 0 Å². The van der Waals surface area contributed by atoms with Crippen molar-refractivity contribution in [3.8, 4) is 0 Å². The fraction of sp³-hybridized carbons (Fsp3) is 0.833. The predicted octanol–water partition coefficient (Wildman–Crippen LogP) is 4.69. The molecule has 3 nitrogen and oxygen atoms in total. The third kappa shape index (κ3) is 4.84. The maximum Gasteiger partial charge on any atom is 0.0762 e. The van der Waals surface area contributed by atoms with Crippen molar-refractivity contribution < 1.29 is 0 Å². The van der Waals surface area contributed by atoms with Gasteiger partial charge in [0.2, 0.25) is 0 Å². The second kappa shape index (κ2) is 8.57. The Balaban J connectivity index is 1.81. The van der Waals surface area contributed by atoms with E-state index in [1.54, 1.807) is 0 Å². The largest absolute Gasteiger partial charge is 0.308 e. The first-order chi connectivity index (χ1) is 10.2. The quantitative estimate of drug-likeness (QED) is 0.738. The van der Waals surface area contributed by atoms with Crippen LogP contribution < -0.4 is 5.32 Å². The van der Waals surface area contributed by atoms with Gasteiger partial charge in [0, 0.05) is 18.8 Å². The molecule has 1 aromatic heterocycles. The molecule has 0 radical (unpaired) electrons. The highest BCUT2D eigenvalue weighted by Crippen LogP contribution is 2.25. The van der Waals surface area contributed by atoms with Crippen LogP contribution in [0.15, 0.2) is 12.3 Å². The highest BCUT2D eigenvalue weighted by molar-refractivity contribution is 5.00. The monoisotopic (exact) mass is 291 g/mol. The summed E-state index contributed by atoms with van der Waals surface area (Å²) < 4.78 is 2.15. The molecule has 0 saturated heterocycles. The number of hydrogen-bond donors (Lipinski definition) is 1. The molecule has 21 heavy (non-hydrogen) atoms. The van der Waals surface area contributed by atoms with E-state index in [0.717, 1.165) is 25.3 Å². The average molecular weight is 291 g/mol. The fourth-order valence-electron chi connectivity index (χ4n) is 3.58. The summed E-state index contributed by atoms with van der Waals surface area (Å²) in [4.78, 5) is 0. The summed E-state index contributed by atoms with van der Waals surface area (Å²) in [6, 6.07) is 3.34. The minimum atomic E-state index is 0.554. The van der Waals surface area contributed by atoms with Gasteiger partial charge in [0.25, 0.3) is 0 Å². The molecule has 3 heteroatoms. The number of aromatic nitrogens is 2. The van der Waals surface area contributed by atoms with E-state index >= 15 is 0 Å². The second-order valence-electron chi connectivity index (χ2n) is 6.68. The summed E-state index contributed by atoms with van der Waals surface area (Å²) in [6.45, 7) is 7.74. The maximum atomic E-state index is 4.74. The first-order valence-electron chi connectivity index (χ1n) is 9.02. The zero-order chi connectivity index (χ0) is 15.1. The summed E-state index contributed by atoms with van der Waals surface area (Å²) in [5.74, 6) is 0.855. The smallest absolute Gasteiger partial charge is 0.0762 e. The maximum absolute atomic E-state index is 4.74. The molecule has 0 aliphatic heterocycles. The summed E-state index contributed by atoms with van der Waals surface area (Å²) in [7, 11) is 0. The second-order valence-corrected chi connectivity index (χ2v) is 6.68. The van der Waals surface area contributed by atoms with Crippen LogP contribution in [-0.2, 0) is 6.54 Å². The SMILES string of the molecule is CCC(CC)n1ccc(CN[C@@H](C)C2CCCCCC2)n1. The van der Waals surface area contributed by atoms with Crippen molar-refractivity contribution in [3.63, 3.8) is 0 Å². The molecule has 1 aliphatic carbocycles. The molecule has 2 rings (SSSR count). The normalized spacial score (nSPS) is 18.9. The highest BCUT2D eigenvalue weighted by Gasteiger charge is 2.18. The van der Waals surface area contributed by atoms with Gasteiger partial charge in [-0.2, -0.15) is 5.10 Å². The molecular formula is C18H33N3. The molecule has 1 fully saturated rings. The number of hydrogen-bond acceptors (Lipinski definition) is 2. The first-order valence-corrected chi connectivity index (χ1v) is 9.02. The molecule has 1 N–H and O–H groups in total. The third-order valence-electron chi connectivity index (χ3n) is 5.19. The van der Waals surface area contributed by atoms with Gasteiger partial charge in [-0.3, -0.25) is 4.68 Å². The van der Waals surface area contributed by atoms with E-state index in [1.807, 2.05) is 0 Å². The van der Waals surface area contributed by atoms with E-state index in [4.69, 9.17) is 5.10 Å². The topological polar surface area (TPSA) is 29.9 Å². The molecule has 0 spiro atoms. The Labute approximate surface area is 130 Å². The predicted molar refractivity (Wildman–Crippen MR) is 89.3 cm³/mol. The van der Waals surface area contributed by atoms with Crippen molar-refractivity contribution in [1.82, 2.24) is 15.1 Å². The lowest BCUT2D eigenvalue weighted by molar-refractivity contribution is 0.334. The molecule has 1 aromatic rings. The Hall–Kier alpha value is -0.830. The lowest BCUT2D eigenvalue weighted by Gasteiger charge is -2.23. The highest BCUT2D eigenvalue weighted by atomic mass is 15.3. The van der Waals surface area contributed by atoms with E-state index in [1.165, 1.54) is 44.2 Å². The Morgan fingerprint density at radius 1 is 1.19 bits per heavy atom. The lowest BCUT2D eigenvalue weighted by atomic mass is 9.93. The number of nitrogens with zero attached hydrogens (tertiary/aromatic N) is 2. The Morgan fingerprint density at radius 3 is 2.48 bits per heavy atom. The van der Waals surface area contributed by atoms with Crippen LogP contribution in [0.25, 0.3) is 0 Å². The third-order valence-corrected chi connectivity index (χ3v) is 5.19. The van der Waals surface area contributed by atoms with E-state index in [0.29, 0.717) is 12.1 Å². The van der Waals surface area contributed by atoms with E-state index in [-0.39, 0.29) is 0 Å². The van der Waals surface area contributed by atoms with Gasteiger partial charge in [-0.15, -0.1) is 0 Å². The van der Waals surface area contributed by atoms with Crippen molar-refractivity contribution in [2.24, 2.45) is 5.92 Å². The van der Waals surface area contributed by atoms with Crippen molar-refractivity contribution >= 4 is 0 Å². The molecule has 0 bridgehead atoms. The van der Waals surface area contributed by atoms with Crippen LogP contribution >= 0.6 is 0 Å². The van der Waals surface area contributed by atoms with E-state index in [2.05, 4.69) is 43.0 Å². The molecule has 0 aromatic carbocycles. The Morgan fingerprint density at radius 2 is 1.86 bits per heavy atom. The van der Waals surface area contributed by atoms with Crippen LogP contribution in [0.3, 0.4) is 0 Å². The Bertz CT molecular complexity index is 387. The molecule has 1 heterocycles. The van der Waals surface area contributed by atoms with Gasteiger partial charge in [0.05, 0.1) is 11.7 Å². The van der Waals surface area contributed by atoms with Crippen LogP contribution in [0.1, 0.15) is 83.9 Å². The van der Waals surface area contributed by atoms with Crippen LogP contribution in [0.5, 0.6) is 0 Å².